The van der Waals surface area contributed by atoms with Crippen LogP contribution >= 0.6 is 0 Å². The van der Waals surface area contributed by atoms with Crippen molar-refractivity contribution >= 4 is 6.03 Å². The number of nitrogens with zero attached hydrogens (tertiary/aromatic N) is 3. The van der Waals surface area contributed by atoms with Crippen molar-refractivity contribution in [3.63, 3.8) is 0 Å². The summed E-state index contributed by atoms with van der Waals surface area (Å²) < 4.78 is 7.73. The van der Waals surface area contributed by atoms with E-state index < -0.39 is 0 Å². The standard InChI is InChI=1S/C16H26N4O2/c1-3-5-17-16(21)19-10-12-8-14(20-7-4-6-18-20)15(22-2)9-13(12)11-19/h4,6-7,12-15H,3,5,8-11H2,1-2H3,(H,17,21)/t12-,13+,14-,15-/m0/s1. The first-order valence-corrected chi connectivity index (χ1v) is 8.27. The normalized spacial score (nSPS) is 31.1. The molecule has 2 aliphatic rings. The van der Waals surface area contributed by atoms with Gasteiger partial charge in [0, 0.05) is 39.1 Å². The zero-order valence-corrected chi connectivity index (χ0v) is 13.4. The van der Waals surface area contributed by atoms with Gasteiger partial charge >= 0.3 is 6.03 Å². The van der Waals surface area contributed by atoms with Gasteiger partial charge in [-0.15, -0.1) is 0 Å². The van der Waals surface area contributed by atoms with Crippen LogP contribution in [0.5, 0.6) is 0 Å². The minimum absolute atomic E-state index is 0.0841. The van der Waals surface area contributed by atoms with Crippen LogP contribution in [0.15, 0.2) is 18.5 Å². The fraction of sp³-hybridized carbons (Fsp3) is 0.750. The molecule has 1 aliphatic carbocycles. The summed E-state index contributed by atoms with van der Waals surface area (Å²) in [4.78, 5) is 14.2. The highest BCUT2D eigenvalue weighted by molar-refractivity contribution is 5.74. The summed E-state index contributed by atoms with van der Waals surface area (Å²) >= 11 is 0. The van der Waals surface area contributed by atoms with Gasteiger partial charge in [-0.3, -0.25) is 4.68 Å². The van der Waals surface area contributed by atoms with E-state index in [0.717, 1.165) is 38.9 Å². The number of hydrogen-bond donors (Lipinski definition) is 1. The first-order valence-electron chi connectivity index (χ1n) is 8.27. The van der Waals surface area contributed by atoms with Crippen LogP contribution in [0.4, 0.5) is 4.79 Å². The third-order valence-corrected chi connectivity index (χ3v) is 5.07. The predicted molar refractivity (Wildman–Crippen MR) is 83.5 cm³/mol. The predicted octanol–water partition coefficient (Wildman–Crippen LogP) is 1.90. The van der Waals surface area contributed by atoms with Gasteiger partial charge in [-0.2, -0.15) is 5.10 Å². The smallest absolute Gasteiger partial charge is 0.317 e. The lowest BCUT2D eigenvalue weighted by atomic mass is 9.77. The molecule has 1 aromatic heterocycles. The molecule has 122 valence electrons. The van der Waals surface area contributed by atoms with Gasteiger partial charge in [0.05, 0.1) is 12.1 Å². The Morgan fingerprint density at radius 2 is 2.14 bits per heavy atom. The molecule has 1 aromatic rings. The Balaban J connectivity index is 1.66. The zero-order valence-electron chi connectivity index (χ0n) is 13.4. The zero-order chi connectivity index (χ0) is 15.5. The van der Waals surface area contributed by atoms with Crippen molar-refractivity contribution in [1.82, 2.24) is 20.0 Å². The molecule has 1 saturated heterocycles. The van der Waals surface area contributed by atoms with E-state index in [-0.39, 0.29) is 18.2 Å². The number of fused-ring (bicyclic) bond motifs is 1. The second kappa shape index (κ2) is 6.69. The molecule has 2 amide bonds. The van der Waals surface area contributed by atoms with Crippen LogP contribution in [0.25, 0.3) is 0 Å². The summed E-state index contributed by atoms with van der Waals surface area (Å²) in [5.74, 6) is 1.09. The molecule has 6 nitrogen and oxygen atoms in total. The molecule has 0 unspecified atom stereocenters. The second-order valence-electron chi connectivity index (χ2n) is 6.46. The molecule has 0 bridgehead atoms. The van der Waals surface area contributed by atoms with E-state index in [4.69, 9.17) is 4.74 Å². The van der Waals surface area contributed by atoms with Gasteiger partial charge in [-0.25, -0.2) is 4.79 Å². The number of carbonyl (C=O) groups excluding carboxylic acids is 1. The van der Waals surface area contributed by atoms with Gasteiger partial charge in [0.1, 0.15) is 0 Å². The molecule has 1 aliphatic heterocycles. The van der Waals surface area contributed by atoms with Gasteiger partial charge in [0.15, 0.2) is 0 Å². The van der Waals surface area contributed by atoms with Crippen molar-refractivity contribution in [2.75, 3.05) is 26.7 Å². The van der Waals surface area contributed by atoms with E-state index >= 15 is 0 Å². The third-order valence-electron chi connectivity index (χ3n) is 5.07. The molecule has 4 atom stereocenters. The van der Waals surface area contributed by atoms with Crippen LogP contribution < -0.4 is 5.32 Å². The Morgan fingerprint density at radius 3 is 2.77 bits per heavy atom. The van der Waals surface area contributed by atoms with Crippen molar-refractivity contribution in [3.05, 3.63) is 18.5 Å². The molecule has 0 spiro atoms. The first-order chi connectivity index (χ1) is 10.7. The SMILES string of the molecule is CCCNC(=O)N1C[C@H]2C[C@H](OC)[C@@H](n3cccn3)C[C@H]2C1. The van der Waals surface area contributed by atoms with Gasteiger partial charge < -0.3 is 15.0 Å². The van der Waals surface area contributed by atoms with Crippen LogP contribution in [-0.4, -0.2) is 53.6 Å². The van der Waals surface area contributed by atoms with Crippen molar-refractivity contribution in [2.45, 2.75) is 38.3 Å². The van der Waals surface area contributed by atoms with Crippen molar-refractivity contribution in [1.29, 1.82) is 0 Å². The van der Waals surface area contributed by atoms with E-state index in [2.05, 4.69) is 17.3 Å². The Hall–Kier alpha value is -1.56. The number of urea groups is 1. The fourth-order valence-electron chi connectivity index (χ4n) is 3.91. The minimum Gasteiger partial charge on any atom is -0.379 e. The maximum Gasteiger partial charge on any atom is 0.317 e. The number of nitrogens with one attached hydrogen (secondary N) is 1. The Labute approximate surface area is 131 Å². The number of methoxy groups -OCH3 is 1. The molecule has 2 fully saturated rings. The topological polar surface area (TPSA) is 59.4 Å². The largest absolute Gasteiger partial charge is 0.379 e. The molecule has 0 radical (unpaired) electrons. The summed E-state index contributed by atoms with van der Waals surface area (Å²) in [5.41, 5.74) is 0. The number of rotatable bonds is 4. The summed E-state index contributed by atoms with van der Waals surface area (Å²) in [6, 6.07) is 2.32. The third kappa shape index (κ3) is 2.97. The highest BCUT2D eigenvalue weighted by Gasteiger charge is 2.44. The Morgan fingerprint density at radius 1 is 1.36 bits per heavy atom. The molecular formula is C16H26N4O2. The van der Waals surface area contributed by atoms with Crippen LogP contribution in [0.2, 0.25) is 0 Å². The van der Waals surface area contributed by atoms with E-state index in [9.17, 15) is 4.79 Å². The summed E-state index contributed by atoms with van der Waals surface area (Å²) in [5, 5.41) is 7.38. The molecule has 2 heterocycles. The number of amides is 2. The van der Waals surface area contributed by atoms with Crippen LogP contribution in [0, 0.1) is 11.8 Å². The maximum atomic E-state index is 12.2. The summed E-state index contributed by atoms with van der Waals surface area (Å²) in [6.07, 6.45) is 7.01. The Bertz CT molecular complexity index is 490. The quantitative estimate of drug-likeness (QED) is 0.924. The number of aromatic nitrogens is 2. The second-order valence-corrected chi connectivity index (χ2v) is 6.46. The van der Waals surface area contributed by atoms with Gasteiger partial charge in [-0.1, -0.05) is 6.92 Å². The van der Waals surface area contributed by atoms with Crippen LogP contribution in [0.3, 0.4) is 0 Å². The summed E-state index contributed by atoms with van der Waals surface area (Å²) in [7, 11) is 1.78. The van der Waals surface area contributed by atoms with E-state index in [1.807, 2.05) is 28.0 Å². The monoisotopic (exact) mass is 306 g/mol. The molecule has 0 aromatic carbocycles. The molecule has 3 rings (SSSR count). The number of hydrogen-bond acceptors (Lipinski definition) is 3. The minimum atomic E-state index is 0.0841. The molecule has 1 saturated carbocycles. The first kappa shape index (κ1) is 15.3. The van der Waals surface area contributed by atoms with Crippen molar-refractivity contribution < 1.29 is 9.53 Å². The van der Waals surface area contributed by atoms with Crippen LogP contribution in [-0.2, 0) is 4.74 Å². The van der Waals surface area contributed by atoms with Gasteiger partial charge in [-0.05, 0) is 37.2 Å². The number of ether oxygens (including phenoxy) is 1. The van der Waals surface area contributed by atoms with Gasteiger partial charge in [0.2, 0.25) is 0 Å². The molecule has 22 heavy (non-hydrogen) atoms. The average Bonchev–Trinajstić information content (AvgIpc) is 3.19. The number of carbonyl (C=O) groups is 1. The highest BCUT2D eigenvalue weighted by atomic mass is 16.5. The lowest BCUT2D eigenvalue weighted by molar-refractivity contribution is -0.00485. The lowest BCUT2D eigenvalue weighted by Gasteiger charge is -2.37. The molecule has 6 heteroatoms. The maximum absolute atomic E-state index is 12.2. The summed E-state index contributed by atoms with van der Waals surface area (Å²) in [6.45, 7) is 4.53. The lowest BCUT2D eigenvalue weighted by Crippen LogP contribution is -2.39. The van der Waals surface area contributed by atoms with E-state index in [0.29, 0.717) is 11.8 Å². The highest BCUT2D eigenvalue weighted by Crippen LogP contribution is 2.42. The molecule has 1 N–H and O–H groups in total. The fourth-order valence-corrected chi connectivity index (χ4v) is 3.91. The molecular weight excluding hydrogens is 280 g/mol. The average molecular weight is 306 g/mol. The van der Waals surface area contributed by atoms with Crippen LogP contribution in [0.1, 0.15) is 32.2 Å². The van der Waals surface area contributed by atoms with Gasteiger partial charge in [0.25, 0.3) is 0 Å². The van der Waals surface area contributed by atoms with Crippen molar-refractivity contribution in [2.24, 2.45) is 11.8 Å². The van der Waals surface area contributed by atoms with Crippen molar-refractivity contribution in [3.8, 4) is 0 Å². The van der Waals surface area contributed by atoms with E-state index in [1.54, 1.807) is 7.11 Å². The number of likely N-dealkylation sites (tertiary alicyclic amines) is 1. The Kier molecular flexibility index (Phi) is 4.66. The van der Waals surface area contributed by atoms with E-state index in [1.165, 1.54) is 0 Å².